The Hall–Kier alpha value is -3.00. The molecule has 1 aliphatic heterocycles. The van der Waals surface area contributed by atoms with Gasteiger partial charge in [0.25, 0.3) is 17.4 Å². The van der Waals surface area contributed by atoms with Crippen molar-refractivity contribution < 1.29 is 9.59 Å². The minimum absolute atomic E-state index is 0.0267. The lowest BCUT2D eigenvalue weighted by Gasteiger charge is -2.12. The number of amides is 2. The second-order valence-corrected chi connectivity index (χ2v) is 5.96. The molecule has 1 aromatic heterocycles. The molecule has 0 unspecified atom stereocenters. The normalized spacial score (nSPS) is 13.2. The predicted molar refractivity (Wildman–Crippen MR) is 90.8 cm³/mol. The summed E-state index contributed by atoms with van der Waals surface area (Å²) in [6, 6.07) is 6.38. The molecule has 0 saturated carbocycles. The van der Waals surface area contributed by atoms with Crippen LogP contribution in [0.4, 0.5) is 5.69 Å². The van der Waals surface area contributed by atoms with Crippen molar-refractivity contribution in [3.8, 4) is 0 Å². The summed E-state index contributed by atoms with van der Waals surface area (Å²) < 4.78 is 1.95. The van der Waals surface area contributed by atoms with Gasteiger partial charge in [0.15, 0.2) is 5.49 Å². The number of hydrogen-bond donors (Lipinski definition) is 1. The third kappa shape index (κ3) is 2.91. The van der Waals surface area contributed by atoms with Crippen LogP contribution in [0.2, 0.25) is 5.02 Å². The van der Waals surface area contributed by atoms with Crippen molar-refractivity contribution in [3.05, 3.63) is 60.8 Å². The SMILES string of the molecule is Cn1c(=O)c2c(n(C)c1=O)=NC(=O)CC=2C(=O)Nc1ccc(Cl)cc1. The number of aromatic nitrogens is 2. The van der Waals surface area contributed by atoms with Crippen LogP contribution in [0.15, 0.2) is 38.8 Å². The van der Waals surface area contributed by atoms with Crippen LogP contribution in [0.25, 0.3) is 5.57 Å². The van der Waals surface area contributed by atoms with E-state index < -0.39 is 23.1 Å². The highest BCUT2D eigenvalue weighted by molar-refractivity contribution is 6.30. The zero-order valence-corrected chi connectivity index (χ0v) is 14.1. The van der Waals surface area contributed by atoms with Gasteiger partial charge in [-0.15, -0.1) is 0 Å². The highest BCUT2D eigenvalue weighted by atomic mass is 35.5. The maximum atomic E-state index is 12.6. The zero-order valence-electron chi connectivity index (χ0n) is 13.4. The van der Waals surface area contributed by atoms with Crippen LogP contribution in [0.5, 0.6) is 0 Å². The molecule has 0 atom stereocenters. The van der Waals surface area contributed by atoms with E-state index in [4.69, 9.17) is 11.6 Å². The van der Waals surface area contributed by atoms with Gasteiger partial charge in [0.05, 0.1) is 11.6 Å². The van der Waals surface area contributed by atoms with Crippen LogP contribution < -0.4 is 27.3 Å². The molecular weight excluding hydrogens is 348 g/mol. The highest BCUT2D eigenvalue weighted by Gasteiger charge is 2.23. The number of carbonyl (C=O) groups excluding carboxylic acids is 2. The number of nitrogens with zero attached hydrogens (tertiary/aromatic N) is 3. The lowest BCUT2D eigenvalue weighted by molar-refractivity contribution is -0.118. The molecule has 0 radical (unpaired) electrons. The molecule has 0 fully saturated rings. The maximum absolute atomic E-state index is 12.6. The molecule has 1 N–H and O–H groups in total. The average molecular weight is 361 g/mol. The topological polar surface area (TPSA) is 103 Å². The Bertz CT molecular complexity index is 1140. The number of rotatable bonds is 2. The van der Waals surface area contributed by atoms with Crippen molar-refractivity contribution >= 4 is 34.7 Å². The van der Waals surface area contributed by atoms with Gasteiger partial charge in [-0.2, -0.15) is 4.99 Å². The molecule has 2 heterocycles. The van der Waals surface area contributed by atoms with E-state index in [2.05, 4.69) is 10.3 Å². The van der Waals surface area contributed by atoms with Gasteiger partial charge in [0, 0.05) is 30.4 Å². The molecule has 0 aliphatic carbocycles. The molecule has 128 valence electrons. The van der Waals surface area contributed by atoms with Gasteiger partial charge in [-0.1, -0.05) is 11.6 Å². The summed E-state index contributed by atoms with van der Waals surface area (Å²) in [7, 11) is 2.69. The predicted octanol–water partition coefficient (Wildman–Crippen LogP) is -0.923. The maximum Gasteiger partial charge on any atom is 0.332 e. The van der Waals surface area contributed by atoms with Gasteiger partial charge in [-0.05, 0) is 24.3 Å². The second-order valence-electron chi connectivity index (χ2n) is 5.53. The first-order valence-corrected chi connectivity index (χ1v) is 7.65. The summed E-state index contributed by atoms with van der Waals surface area (Å²) in [4.78, 5) is 52.7. The quantitative estimate of drug-likeness (QED) is 0.748. The number of nitrogens with one attached hydrogen (secondary N) is 1. The van der Waals surface area contributed by atoms with Gasteiger partial charge in [-0.25, -0.2) is 4.79 Å². The summed E-state index contributed by atoms with van der Waals surface area (Å²) in [6.45, 7) is 0. The van der Waals surface area contributed by atoms with E-state index in [-0.39, 0.29) is 22.7 Å². The Morgan fingerprint density at radius 3 is 2.40 bits per heavy atom. The number of carbonyl (C=O) groups is 2. The molecule has 1 aliphatic rings. The van der Waals surface area contributed by atoms with Crippen LogP contribution >= 0.6 is 11.6 Å². The first kappa shape index (κ1) is 16.8. The average Bonchev–Trinajstić information content (AvgIpc) is 2.59. The third-order valence-corrected chi connectivity index (χ3v) is 4.12. The lowest BCUT2D eigenvalue weighted by atomic mass is 10.1. The van der Waals surface area contributed by atoms with Crippen LogP contribution in [0.1, 0.15) is 6.42 Å². The standard InChI is InChI=1S/C16H13ClN4O4/c1-20-13-12(15(24)21(2)16(20)25)10(7-11(22)19-13)14(23)18-9-5-3-8(17)4-6-9/h3-6H,7H2,1-2H3,(H,18,23). The van der Waals surface area contributed by atoms with E-state index in [0.29, 0.717) is 10.7 Å². The van der Waals surface area contributed by atoms with Gasteiger partial charge in [-0.3, -0.25) is 23.5 Å². The molecule has 1 aromatic carbocycles. The Labute approximate surface area is 145 Å². The van der Waals surface area contributed by atoms with Gasteiger partial charge in [0.1, 0.15) is 0 Å². The molecule has 9 heteroatoms. The Morgan fingerprint density at radius 2 is 1.76 bits per heavy atom. The number of halogens is 1. The van der Waals surface area contributed by atoms with Crippen molar-refractivity contribution in [1.29, 1.82) is 0 Å². The van der Waals surface area contributed by atoms with Gasteiger partial charge >= 0.3 is 5.69 Å². The molecule has 8 nitrogen and oxygen atoms in total. The monoisotopic (exact) mass is 360 g/mol. The zero-order chi connectivity index (χ0) is 18.3. The Balaban J connectivity index is 2.24. The molecular formula is C16H13ClN4O4. The second kappa shape index (κ2) is 6.14. The molecule has 0 saturated heterocycles. The first-order chi connectivity index (χ1) is 11.8. The summed E-state index contributed by atoms with van der Waals surface area (Å²) in [5.41, 5.74) is -0.970. The van der Waals surface area contributed by atoms with Crippen LogP contribution in [0.3, 0.4) is 0 Å². The van der Waals surface area contributed by atoms with E-state index in [1.165, 1.54) is 14.1 Å². The first-order valence-electron chi connectivity index (χ1n) is 7.27. The Morgan fingerprint density at radius 1 is 1.12 bits per heavy atom. The number of benzene rings is 1. The molecule has 2 aromatic rings. The van der Waals surface area contributed by atoms with E-state index in [9.17, 15) is 19.2 Å². The molecule has 0 bridgehead atoms. The lowest BCUT2D eigenvalue weighted by Crippen LogP contribution is -2.59. The number of fused-ring (bicyclic) bond motifs is 1. The van der Waals surface area contributed by atoms with E-state index in [0.717, 1.165) is 9.13 Å². The fourth-order valence-electron chi connectivity index (χ4n) is 2.56. The third-order valence-electron chi connectivity index (χ3n) is 3.87. The highest BCUT2D eigenvalue weighted by Crippen LogP contribution is 2.15. The Kier molecular flexibility index (Phi) is 4.13. The van der Waals surface area contributed by atoms with E-state index >= 15 is 0 Å². The van der Waals surface area contributed by atoms with Crippen molar-refractivity contribution in [1.82, 2.24) is 9.13 Å². The van der Waals surface area contributed by atoms with Gasteiger partial charge in [0.2, 0.25) is 0 Å². The smallest absolute Gasteiger partial charge is 0.322 e. The molecule has 25 heavy (non-hydrogen) atoms. The van der Waals surface area contributed by atoms with Crippen molar-refractivity contribution in [2.45, 2.75) is 6.42 Å². The molecule has 3 rings (SSSR count). The fourth-order valence-corrected chi connectivity index (χ4v) is 2.69. The minimum atomic E-state index is -0.671. The van der Waals surface area contributed by atoms with E-state index in [1.807, 2.05) is 0 Å². The van der Waals surface area contributed by atoms with Crippen LogP contribution in [-0.4, -0.2) is 20.9 Å². The summed E-state index contributed by atoms with van der Waals surface area (Å²) >= 11 is 5.80. The van der Waals surface area contributed by atoms with Gasteiger partial charge < -0.3 is 5.32 Å². The largest absolute Gasteiger partial charge is 0.332 e. The summed E-state index contributed by atoms with van der Waals surface area (Å²) in [5.74, 6) is -1.21. The van der Waals surface area contributed by atoms with Crippen LogP contribution in [0, 0.1) is 0 Å². The summed E-state index contributed by atoms with van der Waals surface area (Å²) in [6.07, 6.45) is -0.320. The van der Waals surface area contributed by atoms with Crippen molar-refractivity contribution in [2.24, 2.45) is 19.1 Å². The number of hydrogen-bond acceptors (Lipinski definition) is 4. The number of anilines is 1. The molecule has 0 spiro atoms. The van der Waals surface area contributed by atoms with Crippen molar-refractivity contribution in [3.63, 3.8) is 0 Å². The van der Waals surface area contributed by atoms with Crippen LogP contribution in [-0.2, 0) is 23.7 Å². The van der Waals surface area contributed by atoms with E-state index in [1.54, 1.807) is 24.3 Å². The fraction of sp³-hybridized carbons (Fsp3) is 0.188. The van der Waals surface area contributed by atoms with Crippen molar-refractivity contribution in [2.75, 3.05) is 5.32 Å². The summed E-state index contributed by atoms with van der Waals surface area (Å²) in [5, 5.41) is 3.08. The minimum Gasteiger partial charge on any atom is -0.322 e. The molecule has 2 amide bonds.